The van der Waals surface area contributed by atoms with Crippen LogP contribution in [0.25, 0.3) is 0 Å². The average Bonchev–Trinajstić information content (AvgIpc) is 3.76. The number of hydrogen-bond donors (Lipinski definition) is 0. The molecule has 38 heavy (non-hydrogen) atoms. The fourth-order valence-electron chi connectivity index (χ4n) is 6.47. The van der Waals surface area contributed by atoms with Gasteiger partial charge in [-0.3, -0.25) is 14.5 Å². The molecule has 1 unspecified atom stereocenters. The van der Waals surface area contributed by atoms with Crippen LogP contribution < -0.4 is 14.7 Å². The van der Waals surface area contributed by atoms with E-state index in [-0.39, 0.29) is 17.9 Å². The van der Waals surface area contributed by atoms with Gasteiger partial charge in [0, 0.05) is 89.6 Å². The molecule has 1 aromatic rings. The van der Waals surface area contributed by atoms with Crippen molar-refractivity contribution in [3.8, 4) is 0 Å². The second kappa shape index (κ2) is 11.9. The molecular weight excluding hydrogens is 500 g/mol. The number of likely N-dealkylation sites (tertiary alicyclic amines) is 1. The van der Waals surface area contributed by atoms with Gasteiger partial charge in [0.1, 0.15) is 17.7 Å². The minimum Gasteiger partial charge on any atom is -0.356 e. The summed E-state index contributed by atoms with van der Waals surface area (Å²) in [6, 6.07) is 1.86. The molecular formula is C27H42N8O2S. The fraction of sp³-hybridized carbons (Fsp3) is 0.778. The number of piperazine rings is 1. The number of anilines is 3. The number of nitrogens with zero attached hydrogens (tertiary/aromatic N) is 8. The summed E-state index contributed by atoms with van der Waals surface area (Å²) in [5.41, 5.74) is 0. The first-order valence-corrected chi connectivity index (χ1v) is 15.8. The third-order valence-corrected chi connectivity index (χ3v) is 9.68. The Kier molecular flexibility index (Phi) is 8.11. The molecule has 0 saturated carbocycles. The Bertz CT molecular complexity index is 951. The highest BCUT2D eigenvalue weighted by Crippen LogP contribution is 2.28. The SMILES string of the molecule is O=C(C1CCCN1C(=O)CN1CCSCC1)N1CCN(c2cc(N3CCCC3)nc(N3CCCC3)n2)CC1. The van der Waals surface area contributed by atoms with Gasteiger partial charge in [-0.15, -0.1) is 0 Å². The van der Waals surface area contributed by atoms with Gasteiger partial charge in [0.15, 0.2) is 0 Å². The number of amides is 2. The molecule has 0 aromatic carbocycles. The largest absolute Gasteiger partial charge is 0.356 e. The van der Waals surface area contributed by atoms with Crippen LogP contribution in [0.15, 0.2) is 6.07 Å². The first-order valence-electron chi connectivity index (χ1n) is 14.7. The van der Waals surface area contributed by atoms with E-state index < -0.39 is 0 Å². The van der Waals surface area contributed by atoms with Crippen LogP contribution in [0.2, 0.25) is 0 Å². The molecule has 0 spiro atoms. The predicted octanol–water partition coefficient (Wildman–Crippen LogP) is 1.37. The average molecular weight is 543 g/mol. The maximum atomic E-state index is 13.6. The van der Waals surface area contributed by atoms with Crippen LogP contribution in [0.3, 0.4) is 0 Å². The normalized spacial score (nSPS) is 25.1. The minimum absolute atomic E-state index is 0.122. The molecule has 1 atom stereocenters. The van der Waals surface area contributed by atoms with Crippen LogP contribution in [-0.4, -0.2) is 133 Å². The summed E-state index contributed by atoms with van der Waals surface area (Å²) in [5.74, 6) is 5.30. The molecule has 0 aliphatic carbocycles. The molecule has 1 aromatic heterocycles. The van der Waals surface area contributed by atoms with Crippen LogP contribution in [0, 0.1) is 0 Å². The molecule has 208 valence electrons. The van der Waals surface area contributed by atoms with Crippen molar-refractivity contribution in [2.45, 2.75) is 44.6 Å². The summed E-state index contributed by atoms with van der Waals surface area (Å²) >= 11 is 1.95. The summed E-state index contributed by atoms with van der Waals surface area (Å²) < 4.78 is 0. The first-order chi connectivity index (χ1) is 18.7. The zero-order chi connectivity index (χ0) is 25.9. The number of rotatable bonds is 6. The van der Waals surface area contributed by atoms with Gasteiger partial charge in [-0.2, -0.15) is 21.7 Å². The van der Waals surface area contributed by atoms with Crippen LogP contribution in [-0.2, 0) is 9.59 Å². The topological polar surface area (TPSA) is 79.4 Å². The van der Waals surface area contributed by atoms with Crippen molar-refractivity contribution in [1.82, 2.24) is 24.7 Å². The lowest BCUT2D eigenvalue weighted by molar-refractivity contribution is -0.144. The number of thioether (sulfide) groups is 1. The number of hydrogen-bond acceptors (Lipinski definition) is 9. The lowest BCUT2D eigenvalue weighted by Gasteiger charge is -2.38. The smallest absolute Gasteiger partial charge is 0.245 e. The van der Waals surface area contributed by atoms with Crippen molar-refractivity contribution in [2.75, 3.05) is 105 Å². The van der Waals surface area contributed by atoms with Gasteiger partial charge in [-0.1, -0.05) is 0 Å². The van der Waals surface area contributed by atoms with Gasteiger partial charge < -0.3 is 24.5 Å². The van der Waals surface area contributed by atoms with Gasteiger partial charge in [0.2, 0.25) is 17.8 Å². The molecule has 6 rings (SSSR count). The Morgan fingerprint density at radius 3 is 2.00 bits per heavy atom. The van der Waals surface area contributed by atoms with E-state index in [1.165, 1.54) is 25.7 Å². The van der Waals surface area contributed by atoms with Gasteiger partial charge >= 0.3 is 0 Å². The van der Waals surface area contributed by atoms with E-state index in [1.54, 1.807) is 0 Å². The van der Waals surface area contributed by atoms with E-state index in [0.29, 0.717) is 26.2 Å². The van der Waals surface area contributed by atoms with Crippen molar-refractivity contribution < 1.29 is 9.59 Å². The van der Waals surface area contributed by atoms with Crippen LogP contribution >= 0.6 is 11.8 Å². The van der Waals surface area contributed by atoms with Crippen LogP contribution in [0.1, 0.15) is 38.5 Å². The van der Waals surface area contributed by atoms with Crippen molar-refractivity contribution in [3.05, 3.63) is 6.07 Å². The van der Waals surface area contributed by atoms with E-state index in [2.05, 4.69) is 25.7 Å². The molecule has 2 amide bonds. The van der Waals surface area contributed by atoms with Crippen molar-refractivity contribution in [2.24, 2.45) is 0 Å². The second-order valence-corrected chi connectivity index (χ2v) is 12.4. The third kappa shape index (κ3) is 5.68. The summed E-state index contributed by atoms with van der Waals surface area (Å²) in [6.45, 7) is 10.1. The molecule has 0 radical (unpaired) electrons. The Morgan fingerprint density at radius 1 is 0.737 bits per heavy atom. The van der Waals surface area contributed by atoms with Gasteiger partial charge in [0.05, 0.1) is 6.54 Å². The van der Waals surface area contributed by atoms with E-state index in [1.807, 2.05) is 21.6 Å². The van der Waals surface area contributed by atoms with Gasteiger partial charge in [-0.05, 0) is 38.5 Å². The van der Waals surface area contributed by atoms with Gasteiger partial charge in [0.25, 0.3) is 0 Å². The lowest BCUT2D eigenvalue weighted by atomic mass is 10.1. The Balaban J connectivity index is 1.09. The van der Waals surface area contributed by atoms with Crippen molar-refractivity contribution in [3.63, 3.8) is 0 Å². The van der Waals surface area contributed by atoms with E-state index in [0.717, 1.165) is 94.3 Å². The molecule has 10 nitrogen and oxygen atoms in total. The maximum absolute atomic E-state index is 13.6. The summed E-state index contributed by atoms with van der Waals surface area (Å²) in [6.07, 6.45) is 6.53. The van der Waals surface area contributed by atoms with E-state index in [9.17, 15) is 9.59 Å². The molecule has 0 N–H and O–H groups in total. The molecule has 5 aliphatic rings. The highest BCUT2D eigenvalue weighted by Gasteiger charge is 2.38. The molecule has 0 bridgehead atoms. The highest BCUT2D eigenvalue weighted by molar-refractivity contribution is 7.99. The third-order valence-electron chi connectivity index (χ3n) is 8.74. The molecule has 5 aliphatic heterocycles. The maximum Gasteiger partial charge on any atom is 0.245 e. The highest BCUT2D eigenvalue weighted by atomic mass is 32.2. The van der Waals surface area contributed by atoms with Crippen molar-refractivity contribution in [1.29, 1.82) is 0 Å². The molecule has 11 heteroatoms. The summed E-state index contributed by atoms with van der Waals surface area (Å²) in [5, 5.41) is 0. The standard InChI is InChI=1S/C27H42N8O2S/c36-25(21-30-16-18-38-19-17-30)35-11-5-6-22(35)26(37)33-14-12-32(13-15-33)24-20-23(31-7-1-2-8-31)28-27(29-24)34-9-3-4-10-34/h20,22H,1-19,21H2. The molecule has 5 saturated heterocycles. The monoisotopic (exact) mass is 542 g/mol. The lowest BCUT2D eigenvalue weighted by Crippen LogP contribution is -2.55. The van der Waals surface area contributed by atoms with E-state index in [4.69, 9.17) is 9.97 Å². The Morgan fingerprint density at radius 2 is 1.34 bits per heavy atom. The minimum atomic E-state index is -0.296. The Hall–Kier alpha value is -2.27. The fourth-order valence-corrected chi connectivity index (χ4v) is 7.45. The molecule has 6 heterocycles. The quantitative estimate of drug-likeness (QED) is 0.530. The molecule has 5 fully saturated rings. The zero-order valence-corrected chi connectivity index (χ0v) is 23.4. The second-order valence-electron chi connectivity index (χ2n) is 11.2. The van der Waals surface area contributed by atoms with Crippen LogP contribution in [0.5, 0.6) is 0 Å². The van der Waals surface area contributed by atoms with Gasteiger partial charge in [-0.25, -0.2) is 0 Å². The number of aromatic nitrogens is 2. The number of carbonyl (C=O) groups is 2. The summed E-state index contributed by atoms with van der Waals surface area (Å²) in [4.78, 5) is 49.7. The predicted molar refractivity (Wildman–Crippen MR) is 152 cm³/mol. The Labute approximate surface area is 230 Å². The van der Waals surface area contributed by atoms with Crippen molar-refractivity contribution >= 4 is 41.2 Å². The first kappa shape index (κ1) is 26.0. The van der Waals surface area contributed by atoms with Crippen LogP contribution in [0.4, 0.5) is 17.6 Å². The number of carbonyl (C=O) groups excluding carboxylic acids is 2. The van der Waals surface area contributed by atoms with E-state index >= 15 is 0 Å². The zero-order valence-electron chi connectivity index (χ0n) is 22.6. The summed E-state index contributed by atoms with van der Waals surface area (Å²) in [7, 11) is 0.